The van der Waals surface area contributed by atoms with Gasteiger partial charge in [-0.25, -0.2) is 0 Å². The van der Waals surface area contributed by atoms with Crippen molar-refractivity contribution in [1.82, 2.24) is 0 Å². The van der Waals surface area contributed by atoms with E-state index in [2.05, 4.69) is 4.74 Å². The molecule has 4 nitrogen and oxygen atoms in total. The molecule has 21 heavy (non-hydrogen) atoms. The van der Waals surface area contributed by atoms with E-state index >= 15 is 0 Å². The Morgan fingerprint density at radius 2 is 2.00 bits per heavy atom. The molecule has 0 bridgehead atoms. The summed E-state index contributed by atoms with van der Waals surface area (Å²) < 4.78 is 33.2. The molecular weight excluding hydrogens is 280 g/mol. The van der Waals surface area contributed by atoms with Gasteiger partial charge in [-0.2, -0.15) is 14.0 Å². The van der Waals surface area contributed by atoms with E-state index in [4.69, 9.17) is 9.68 Å². The molecule has 2 aromatic rings. The van der Waals surface area contributed by atoms with E-state index in [1.807, 2.05) is 0 Å². The highest BCUT2D eigenvalue weighted by atomic mass is 19.3. The number of alkyl halides is 2. The molecule has 0 spiro atoms. The average molecular weight is 289 g/mol. The van der Waals surface area contributed by atoms with E-state index in [-0.39, 0.29) is 17.1 Å². The Hall–Kier alpha value is -2.94. The number of nitriles is 1. The lowest BCUT2D eigenvalue weighted by molar-refractivity contribution is -0.0498. The first kappa shape index (κ1) is 14.5. The van der Waals surface area contributed by atoms with Gasteiger partial charge < -0.3 is 9.15 Å². The van der Waals surface area contributed by atoms with Gasteiger partial charge in [-0.1, -0.05) is 12.1 Å². The van der Waals surface area contributed by atoms with Gasteiger partial charge in [-0.3, -0.25) is 4.79 Å². The number of benzene rings is 1. The molecule has 1 heterocycles. The highest BCUT2D eigenvalue weighted by Gasteiger charge is 2.14. The number of rotatable bonds is 5. The van der Waals surface area contributed by atoms with E-state index in [0.717, 1.165) is 0 Å². The maximum atomic E-state index is 12.0. The number of halogens is 2. The van der Waals surface area contributed by atoms with Crippen molar-refractivity contribution in [3.63, 3.8) is 0 Å². The summed E-state index contributed by atoms with van der Waals surface area (Å²) in [6.45, 7) is -2.90. The van der Waals surface area contributed by atoms with Crippen molar-refractivity contribution in [2.75, 3.05) is 0 Å². The number of ketones is 1. The molecular formula is C15H9F2NO3. The van der Waals surface area contributed by atoms with Crippen LogP contribution in [0, 0.1) is 11.3 Å². The molecule has 0 amide bonds. The number of nitrogens with zero attached hydrogens (tertiary/aromatic N) is 1. The lowest BCUT2D eigenvalue weighted by Gasteiger charge is -2.04. The van der Waals surface area contributed by atoms with Crippen LogP contribution in [0.4, 0.5) is 8.78 Å². The van der Waals surface area contributed by atoms with Gasteiger partial charge in [0.25, 0.3) is 0 Å². The standard InChI is InChI=1S/C15H9F2NO3/c16-15(17)21-12-5-3-10(4-6-12)8-11(9-18)14(19)13-2-1-7-20-13/h1-8,15H/b11-8+. The van der Waals surface area contributed by atoms with Crippen molar-refractivity contribution in [3.05, 3.63) is 59.6 Å². The second kappa shape index (κ2) is 6.48. The van der Waals surface area contributed by atoms with Crippen LogP contribution in [-0.2, 0) is 0 Å². The van der Waals surface area contributed by atoms with Crippen LogP contribution in [-0.4, -0.2) is 12.4 Å². The quantitative estimate of drug-likeness (QED) is 0.478. The number of ether oxygens (including phenoxy) is 1. The fraction of sp³-hybridized carbons (Fsp3) is 0.0667. The zero-order chi connectivity index (χ0) is 15.2. The molecule has 0 N–H and O–H groups in total. The maximum absolute atomic E-state index is 12.0. The third-order valence-electron chi connectivity index (χ3n) is 2.53. The number of hydrogen-bond acceptors (Lipinski definition) is 4. The Morgan fingerprint density at radius 3 is 2.52 bits per heavy atom. The summed E-state index contributed by atoms with van der Waals surface area (Å²) in [5, 5.41) is 9.03. The maximum Gasteiger partial charge on any atom is 0.387 e. The minimum Gasteiger partial charge on any atom is -0.461 e. The summed E-state index contributed by atoms with van der Waals surface area (Å²) in [7, 11) is 0. The molecule has 6 heteroatoms. The SMILES string of the molecule is N#C/C(=C\c1ccc(OC(F)F)cc1)C(=O)c1ccco1. The Kier molecular flexibility index (Phi) is 4.46. The first-order valence-electron chi connectivity index (χ1n) is 5.85. The topological polar surface area (TPSA) is 63.2 Å². The van der Waals surface area contributed by atoms with Gasteiger partial charge in [0.1, 0.15) is 17.4 Å². The Labute approximate surface area is 118 Å². The fourth-order valence-corrected chi connectivity index (χ4v) is 1.60. The van der Waals surface area contributed by atoms with E-state index in [9.17, 15) is 13.6 Å². The van der Waals surface area contributed by atoms with Crippen LogP contribution in [0.25, 0.3) is 6.08 Å². The number of furan rings is 1. The van der Waals surface area contributed by atoms with Crippen LogP contribution in [0.5, 0.6) is 5.75 Å². The van der Waals surface area contributed by atoms with E-state index < -0.39 is 12.4 Å². The monoisotopic (exact) mass is 289 g/mol. The molecule has 0 aliphatic carbocycles. The largest absolute Gasteiger partial charge is 0.461 e. The molecule has 0 aliphatic heterocycles. The first-order chi connectivity index (χ1) is 10.1. The van der Waals surface area contributed by atoms with Gasteiger partial charge in [0, 0.05) is 0 Å². The number of hydrogen-bond donors (Lipinski definition) is 0. The van der Waals surface area contributed by atoms with Crippen LogP contribution in [0.2, 0.25) is 0 Å². The van der Waals surface area contributed by atoms with Crippen LogP contribution >= 0.6 is 0 Å². The molecule has 106 valence electrons. The van der Waals surface area contributed by atoms with Crippen LogP contribution in [0.1, 0.15) is 16.1 Å². The number of allylic oxidation sites excluding steroid dienone is 1. The van der Waals surface area contributed by atoms with Crippen molar-refractivity contribution < 1.29 is 22.7 Å². The Bertz CT molecular complexity index is 683. The highest BCUT2D eigenvalue weighted by Crippen LogP contribution is 2.18. The molecule has 0 aliphatic rings. The third-order valence-corrected chi connectivity index (χ3v) is 2.53. The summed E-state index contributed by atoms with van der Waals surface area (Å²) in [5.74, 6) is -0.492. The number of Topliss-reactive ketones (excluding diaryl/α,β-unsaturated/α-hetero) is 1. The Balaban J connectivity index is 2.20. The molecule has 0 atom stereocenters. The fourth-order valence-electron chi connectivity index (χ4n) is 1.60. The summed E-state index contributed by atoms with van der Waals surface area (Å²) in [6.07, 6.45) is 2.68. The van der Waals surface area contributed by atoms with Gasteiger partial charge >= 0.3 is 6.61 Å². The van der Waals surface area contributed by atoms with Gasteiger partial charge in [0.05, 0.1) is 6.26 Å². The molecule has 0 fully saturated rings. The minimum absolute atomic E-state index is 0.00183. The smallest absolute Gasteiger partial charge is 0.387 e. The Morgan fingerprint density at radius 1 is 1.29 bits per heavy atom. The van der Waals surface area contributed by atoms with Crippen molar-refractivity contribution >= 4 is 11.9 Å². The summed E-state index contributed by atoms with van der Waals surface area (Å²) in [6, 6.07) is 10.4. The molecule has 0 saturated carbocycles. The van der Waals surface area contributed by atoms with Crippen molar-refractivity contribution in [3.8, 4) is 11.8 Å². The highest BCUT2D eigenvalue weighted by molar-refractivity contribution is 6.12. The molecule has 1 aromatic heterocycles. The van der Waals surface area contributed by atoms with E-state index in [1.165, 1.54) is 42.7 Å². The molecule has 1 aromatic carbocycles. The second-order valence-electron chi connectivity index (χ2n) is 3.92. The van der Waals surface area contributed by atoms with Crippen LogP contribution in [0.15, 0.2) is 52.7 Å². The van der Waals surface area contributed by atoms with Gasteiger partial charge in [-0.05, 0) is 35.9 Å². The van der Waals surface area contributed by atoms with Gasteiger partial charge in [0.2, 0.25) is 5.78 Å². The summed E-state index contributed by atoms with van der Waals surface area (Å²) >= 11 is 0. The van der Waals surface area contributed by atoms with Crippen molar-refractivity contribution in [2.24, 2.45) is 0 Å². The van der Waals surface area contributed by atoms with Crippen LogP contribution in [0.3, 0.4) is 0 Å². The summed E-state index contributed by atoms with van der Waals surface area (Å²) in [4.78, 5) is 11.9. The summed E-state index contributed by atoms with van der Waals surface area (Å²) in [5.41, 5.74) is 0.389. The minimum atomic E-state index is -2.90. The zero-order valence-electron chi connectivity index (χ0n) is 10.6. The predicted molar refractivity (Wildman–Crippen MR) is 69.7 cm³/mol. The lowest BCUT2D eigenvalue weighted by Crippen LogP contribution is -2.02. The molecule has 0 saturated heterocycles. The van der Waals surface area contributed by atoms with Gasteiger partial charge in [0.15, 0.2) is 5.76 Å². The first-order valence-corrected chi connectivity index (χ1v) is 5.85. The second-order valence-corrected chi connectivity index (χ2v) is 3.92. The molecule has 0 radical (unpaired) electrons. The molecule has 2 rings (SSSR count). The lowest BCUT2D eigenvalue weighted by atomic mass is 10.1. The van der Waals surface area contributed by atoms with E-state index in [0.29, 0.717) is 5.56 Å². The van der Waals surface area contributed by atoms with E-state index in [1.54, 1.807) is 12.1 Å². The normalized spacial score (nSPS) is 11.2. The number of carbonyl (C=O) groups is 1. The van der Waals surface area contributed by atoms with Gasteiger partial charge in [-0.15, -0.1) is 0 Å². The van der Waals surface area contributed by atoms with Crippen molar-refractivity contribution in [2.45, 2.75) is 6.61 Å². The van der Waals surface area contributed by atoms with Crippen molar-refractivity contribution in [1.29, 1.82) is 5.26 Å². The average Bonchev–Trinajstić information content (AvgIpc) is 2.99. The zero-order valence-corrected chi connectivity index (χ0v) is 10.6. The number of carbonyl (C=O) groups excluding carboxylic acids is 1. The molecule has 0 unspecified atom stereocenters. The van der Waals surface area contributed by atoms with Crippen LogP contribution < -0.4 is 4.74 Å². The predicted octanol–water partition coefficient (Wildman–Crippen LogP) is 3.67. The third kappa shape index (κ3) is 3.76.